The van der Waals surface area contributed by atoms with Crippen LogP contribution < -0.4 is 5.32 Å². The minimum atomic E-state index is -0.181. The Morgan fingerprint density at radius 1 is 1.46 bits per heavy atom. The van der Waals surface area contributed by atoms with Crippen LogP contribution in [0.2, 0.25) is 5.02 Å². The molecule has 1 aliphatic heterocycles. The number of halogens is 1. The third kappa shape index (κ3) is 3.06. The van der Waals surface area contributed by atoms with E-state index in [0.29, 0.717) is 35.8 Å². The number of rotatable bonds is 4. The number of carbonyl (C=O) groups is 1. The maximum atomic E-state index is 12.5. The first-order valence-electron chi connectivity index (χ1n) is 8.51. The van der Waals surface area contributed by atoms with E-state index in [9.17, 15) is 4.79 Å². The first-order chi connectivity index (χ1) is 12.5. The van der Waals surface area contributed by atoms with Crippen molar-refractivity contribution in [2.75, 3.05) is 6.54 Å². The molecular weight excluding hydrogens is 356 g/mol. The second-order valence-corrected chi connectivity index (χ2v) is 6.89. The third-order valence-electron chi connectivity index (χ3n) is 4.51. The molecule has 2 atom stereocenters. The predicted molar refractivity (Wildman–Crippen MR) is 95.3 cm³/mol. The van der Waals surface area contributed by atoms with Gasteiger partial charge in [-0.05, 0) is 25.8 Å². The van der Waals surface area contributed by atoms with E-state index in [1.165, 1.54) is 0 Å². The Morgan fingerprint density at radius 2 is 2.31 bits per heavy atom. The molecule has 3 aromatic rings. The van der Waals surface area contributed by atoms with Crippen molar-refractivity contribution in [3.05, 3.63) is 46.1 Å². The van der Waals surface area contributed by atoms with Crippen LogP contribution in [-0.2, 0) is 17.6 Å². The van der Waals surface area contributed by atoms with Gasteiger partial charge in [0.25, 0.3) is 5.91 Å². The van der Waals surface area contributed by atoms with Gasteiger partial charge in [0.05, 0.1) is 24.1 Å². The minimum Gasteiger partial charge on any atom is -0.369 e. The Labute approximate surface area is 154 Å². The SMILES string of the molecule is C[C@@H]1Cc2c(C(=O)NCCc3cnc4c(Cl)cnn4c3)n[nH]c2[C@H](C)O1. The molecular formula is C17H19ClN6O2. The van der Waals surface area contributed by atoms with Crippen molar-refractivity contribution in [2.45, 2.75) is 38.9 Å². The van der Waals surface area contributed by atoms with E-state index in [1.54, 1.807) is 16.9 Å². The monoisotopic (exact) mass is 374 g/mol. The standard InChI is InChI=1S/C17H19ClN6O2/c1-9-5-12-14(10(2)26-9)22-23-15(12)17(25)19-4-3-11-6-20-16-13(18)7-21-24(16)8-11/h6-10H,3-5H2,1-2H3,(H,19,25)(H,22,23)/t9-,10+/m1/s1. The number of hydrogen-bond acceptors (Lipinski definition) is 5. The molecule has 0 saturated heterocycles. The van der Waals surface area contributed by atoms with Crippen LogP contribution in [0.15, 0.2) is 18.6 Å². The van der Waals surface area contributed by atoms with Crippen LogP contribution in [0.3, 0.4) is 0 Å². The van der Waals surface area contributed by atoms with Gasteiger partial charge in [0.15, 0.2) is 11.3 Å². The van der Waals surface area contributed by atoms with Crippen molar-refractivity contribution in [3.63, 3.8) is 0 Å². The highest BCUT2D eigenvalue weighted by atomic mass is 35.5. The fourth-order valence-corrected chi connectivity index (χ4v) is 3.46. The van der Waals surface area contributed by atoms with Crippen LogP contribution in [-0.4, -0.2) is 43.4 Å². The van der Waals surface area contributed by atoms with Gasteiger partial charge in [-0.15, -0.1) is 0 Å². The van der Waals surface area contributed by atoms with Crippen LogP contribution in [0.1, 0.15) is 47.3 Å². The first kappa shape index (κ1) is 17.0. The number of carbonyl (C=O) groups excluding carboxylic acids is 1. The highest BCUT2D eigenvalue weighted by molar-refractivity contribution is 6.33. The van der Waals surface area contributed by atoms with Gasteiger partial charge in [-0.3, -0.25) is 9.89 Å². The van der Waals surface area contributed by atoms with Crippen LogP contribution in [0, 0.1) is 0 Å². The van der Waals surface area contributed by atoms with Crippen molar-refractivity contribution in [1.29, 1.82) is 0 Å². The number of nitrogens with one attached hydrogen (secondary N) is 2. The van der Waals surface area contributed by atoms with Crippen molar-refractivity contribution < 1.29 is 9.53 Å². The van der Waals surface area contributed by atoms with Crippen molar-refractivity contribution in [3.8, 4) is 0 Å². The van der Waals surface area contributed by atoms with Gasteiger partial charge in [-0.25, -0.2) is 9.50 Å². The first-order valence-corrected chi connectivity index (χ1v) is 8.89. The lowest BCUT2D eigenvalue weighted by Gasteiger charge is -2.25. The van der Waals surface area contributed by atoms with E-state index >= 15 is 0 Å². The average molecular weight is 375 g/mol. The quantitative estimate of drug-likeness (QED) is 0.728. The highest BCUT2D eigenvalue weighted by Gasteiger charge is 2.29. The maximum absolute atomic E-state index is 12.5. The molecule has 9 heteroatoms. The number of aromatic amines is 1. The van der Waals surface area contributed by atoms with E-state index in [4.69, 9.17) is 16.3 Å². The number of fused-ring (bicyclic) bond motifs is 2. The second-order valence-electron chi connectivity index (χ2n) is 6.49. The fraction of sp³-hybridized carbons (Fsp3) is 0.412. The van der Waals surface area contributed by atoms with Gasteiger partial charge >= 0.3 is 0 Å². The van der Waals surface area contributed by atoms with Gasteiger partial charge in [0.1, 0.15) is 5.02 Å². The molecule has 0 saturated carbocycles. The summed E-state index contributed by atoms with van der Waals surface area (Å²) in [5.41, 5.74) is 3.86. The molecule has 4 rings (SSSR count). The fourth-order valence-electron chi connectivity index (χ4n) is 3.28. The Kier molecular flexibility index (Phi) is 4.37. The van der Waals surface area contributed by atoms with E-state index in [0.717, 1.165) is 16.8 Å². The molecule has 1 amide bonds. The number of aromatic nitrogens is 5. The third-order valence-corrected chi connectivity index (χ3v) is 4.78. The molecule has 0 aliphatic carbocycles. The van der Waals surface area contributed by atoms with Gasteiger partial charge in [0.2, 0.25) is 0 Å². The zero-order valence-electron chi connectivity index (χ0n) is 14.5. The molecule has 3 aromatic heterocycles. The molecule has 1 aliphatic rings. The Hall–Kier alpha value is -2.45. The van der Waals surface area contributed by atoms with E-state index in [1.807, 2.05) is 20.0 Å². The van der Waals surface area contributed by atoms with E-state index in [-0.39, 0.29) is 18.1 Å². The summed E-state index contributed by atoms with van der Waals surface area (Å²) in [6.07, 6.45) is 6.46. The molecule has 0 fully saturated rings. The molecule has 0 spiro atoms. The lowest BCUT2D eigenvalue weighted by atomic mass is 9.99. The molecule has 136 valence electrons. The minimum absolute atomic E-state index is 0.0698. The largest absolute Gasteiger partial charge is 0.369 e. The summed E-state index contributed by atoms with van der Waals surface area (Å²) in [7, 11) is 0. The number of amides is 1. The van der Waals surface area contributed by atoms with Gasteiger partial charge in [-0.1, -0.05) is 11.6 Å². The molecule has 0 aromatic carbocycles. The van der Waals surface area contributed by atoms with Crippen molar-refractivity contribution in [2.24, 2.45) is 0 Å². The average Bonchev–Trinajstić information content (AvgIpc) is 3.19. The summed E-state index contributed by atoms with van der Waals surface area (Å²) in [6, 6.07) is 0. The Morgan fingerprint density at radius 3 is 3.15 bits per heavy atom. The number of hydrogen-bond donors (Lipinski definition) is 2. The summed E-state index contributed by atoms with van der Waals surface area (Å²) >= 11 is 5.98. The molecule has 0 bridgehead atoms. The maximum Gasteiger partial charge on any atom is 0.272 e. The summed E-state index contributed by atoms with van der Waals surface area (Å²) in [5.74, 6) is -0.181. The molecule has 8 nitrogen and oxygen atoms in total. The predicted octanol–water partition coefficient (Wildman–Crippen LogP) is 2.10. The normalized spacial score (nSPS) is 19.5. The van der Waals surface area contributed by atoms with Crippen LogP contribution in [0.25, 0.3) is 5.65 Å². The van der Waals surface area contributed by atoms with Gasteiger partial charge < -0.3 is 10.1 Å². The van der Waals surface area contributed by atoms with E-state index < -0.39 is 0 Å². The molecule has 4 heterocycles. The Balaban J connectivity index is 1.41. The van der Waals surface area contributed by atoms with Gasteiger partial charge in [0, 0.05) is 30.9 Å². The van der Waals surface area contributed by atoms with Gasteiger partial charge in [-0.2, -0.15) is 10.2 Å². The topological polar surface area (TPSA) is 97.2 Å². The summed E-state index contributed by atoms with van der Waals surface area (Å²) in [6.45, 7) is 4.43. The zero-order chi connectivity index (χ0) is 18.3. The van der Waals surface area contributed by atoms with Crippen LogP contribution in [0.5, 0.6) is 0 Å². The molecule has 0 unspecified atom stereocenters. The lowest BCUT2D eigenvalue weighted by molar-refractivity contribution is -0.00697. The van der Waals surface area contributed by atoms with Crippen molar-refractivity contribution >= 4 is 23.2 Å². The number of ether oxygens (including phenoxy) is 1. The molecule has 2 N–H and O–H groups in total. The smallest absolute Gasteiger partial charge is 0.272 e. The molecule has 26 heavy (non-hydrogen) atoms. The lowest BCUT2D eigenvalue weighted by Crippen LogP contribution is -2.29. The summed E-state index contributed by atoms with van der Waals surface area (Å²) in [5, 5.41) is 14.7. The van der Waals surface area contributed by atoms with Crippen LogP contribution in [0.4, 0.5) is 0 Å². The summed E-state index contributed by atoms with van der Waals surface area (Å²) in [4.78, 5) is 16.8. The highest BCUT2D eigenvalue weighted by Crippen LogP contribution is 2.30. The number of nitrogens with zero attached hydrogens (tertiary/aromatic N) is 4. The second kappa shape index (κ2) is 6.69. The molecule has 0 radical (unpaired) electrons. The number of H-pyrrole nitrogens is 1. The summed E-state index contributed by atoms with van der Waals surface area (Å²) < 4.78 is 7.39. The Bertz CT molecular complexity index is 965. The van der Waals surface area contributed by atoms with E-state index in [2.05, 4.69) is 25.6 Å². The zero-order valence-corrected chi connectivity index (χ0v) is 15.2. The van der Waals surface area contributed by atoms with Crippen LogP contribution >= 0.6 is 11.6 Å². The van der Waals surface area contributed by atoms with Crippen molar-refractivity contribution in [1.82, 2.24) is 30.1 Å².